The number of halogens is 1. The molecule has 0 saturated heterocycles. The van der Waals surface area contributed by atoms with Crippen molar-refractivity contribution in [3.63, 3.8) is 0 Å². The van der Waals surface area contributed by atoms with Crippen LogP contribution < -0.4 is 14.3 Å². The summed E-state index contributed by atoms with van der Waals surface area (Å²) in [5.74, 6) is 2.23. The molecule has 2 aromatic heterocycles. The number of para-hydroxylation sites is 1. The van der Waals surface area contributed by atoms with Crippen LogP contribution >= 0.6 is 28.3 Å². The highest BCUT2D eigenvalue weighted by Crippen LogP contribution is 2.33. The molecule has 4 aromatic rings. The van der Waals surface area contributed by atoms with Crippen LogP contribution in [-0.4, -0.2) is 18.8 Å². The fourth-order valence-corrected chi connectivity index (χ4v) is 3.90. The Bertz CT molecular complexity index is 1120. The van der Waals surface area contributed by atoms with E-state index < -0.39 is 0 Å². The van der Waals surface area contributed by atoms with Gasteiger partial charge < -0.3 is 13.9 Å². The minimum absolute atomic E-state index is 0. The van der Waals surface area contributed by atoms with Gasteiger partial charge in [0.05, 0.1) is 26.2 Å². The first kappa shape index (κ1) is 21.0. The van der Waals surface area contributed by atoms with Crippen LogP contribution in [0.4, 0.5) is 0 Å². The Labute approximate surface area is 183 Å². The molecule has 0 amide bonds. The maximum Gasteiger partial charge on any atom is 0.190 e. The van der Waals surface area contributed by atoms with Crippen molar-refractivity contribution in [2.45, 2.75) is 6.54 Å². The molecule has 0 spiro atoms. The molecule has 0 atom stereocenters. The molecule has 2 heterocycles. The van der Waals surface area contributed by atoms with E-state index in [-0.39, 0.29) is 17.0 Å². The Morgan fingerprint density at radius 3 is 2.45 bits per heavy atom. The predicted octanol–water partition coefficient (Wildman–Crippen LogP) is 5.49. The van der Waals surface area contributed by atoms with Gasteiger partial charge in [0.25, 0.3) is 0 Å². The van der Waals surface area contributed by atoms with Crippen molar-refractivity contribution in [3.05, 3.63) is 82.9 Å². The SMILES string of the molecule is Br.COc1ccc(-c2csc(=NCc3ccco3)n2-c2ccccc2)cc1OC. The Morgan fingerprint density at radius 1 is 0.966 bits per heavy atom. The van der Waals surface area contributed by atoms with Gasteiger partial charge in [-0.3, -0.25) is 9.56 Å². The van der Waals surface area contributed by atoms with Crippen LogP contribution in [0.1, 0.15) is 5.76 Å². The first-order chi connectivity index (χ1) is 13.8. The second-order valence-electron chi connectivity index (χ2n) is 6.04. The van der Waals surface area contributed by atoms with Gasteiger partial charge in [-0.1, -0.05) is 18.2 Å². The van der Waals surface area contributed by atoms with Crippen LogP contribution in [0.15, 0.2) is 81.7 Å². The summed E-state index contributed by atoms with van der Waals surface area (Å²) in [5, 5.41) is 2.11. The first-order valence-electron chi connectivity index (χ1n) is 8.81. The standard InChI is InChI=1S/C22H20N2O3S.BrH/c1-25-20-11-10-16(13-21(20)26-2)19-15-28-22(23-14-18-9-6-12-27-18)24(19)17-7-4-3-5-8-17;/h3-13,15H,14H2,1-2H3;1H. The fraction of sp³-hybridized carbons (Fsp3) is 0.136. The van der Waals surface area contributed by atoms with E-state index in [0.29, 0.717) is 18.0 Å². The lowest BCUT2D eigenvalue weighted by molar-refractivity contribution is 0.355. The summed E-state index contributed by atoms with van der Waals surface area (Å²) in [7, 11) is 3.28. The molecule has 0 aliphatic heterocycles. The summed E-state index contributed by atoms with van der Waals surface area (Å²) in [6.45, 7) is 0.492. The molecule has 7 heteroatoms. The van der Waals surface area contributed by atoms with Gasteiger partial charge in [0, 0.05) is 16.6 Å². The molecule has 0 unspecified atom stereocenters. The number of rotatable bonds is 6. The molecular formula is C22H21BrN2O3S. The molecule has 0 saturated carbocycles. The van der Waals surface area contributed by atoms with Crippen LogP contribution in [0, 0.1) is 0 Å². The zero-order valence-corrected chi connectivity index (χ0v) is 18.6. The summed E-state index contributed by atoms with van der Waals surface area (Å²) in [4.78, 5) is 5.68. The minimum Gasteiger partial charge on any atom is -0.493 e. The van der Waals surface area contributed by atoms with Crippen molar-refractivity contribution >= 4 is 28.3 Å². The number of aromatic nitrogens is 1. The van der Waals surface area contributed by atoms with Crippen LogP contribution in [0.25, 0.3) is 16.9 Å². The summed E-state index contributed by atoms with van der Waals surface area (Å²) in [6.07, 6.45) is 1.67. The van der Waals surface area contributed by atoms with Gasteiger partial charge in [-0.2, -0.15) is 0 Å². The Morgan fingerprint density at radius 2 is 1.76 bits per heavy atom. The van der Waals surface area contributed by atoms with Gasteiger partial charge in [0.15, 0.2) is 16.3 Å². The summed E-state index contributed by atoms with van der Waals surface area (Å²) in [5.41, 5.74) is 3.11. The lowest BCUT2D eigenvalue weighted by Gasteiger charge is -2.12. The highest BCUT2D eigenvalue weighted by molar-refractivity contribution is 8.93. The van der Waals surface area contributed by atoms with Gasteiger partial charge in [-0.05, 0) is 42.5 Å². The quantitative estimate of drug-likeness (QED) is 0.372. The van der Waals surface area contributed by atoms with Gasteiger partial charge in [-0.15, -0.1) is 28.3 Å². The number of hydrogen-bond acceptors (Lipinski definition) is 5. The van der Waals surface area contributed by atoms with E-state index in [1.807, 2.05) is 48.5 Å². The molecule has 5 nitrogen and oxygen atoms in total. The molecule has 0 radical (unpaired) electrons. The largest absolute Gasteiger partial charge is 0.493 e. The molecule has 0 aliphatic carbocycles. The van der Waals surface area contributed by atoms with Crippen LogP contribution in [0.2, 0.25) is 0 Å². The molecule has 4 rings (SSSR count). The van der Waals surface area contributed by atoms with E-state index in [0.717, 1.165) is 27.5 Å². The smallest absolute Gasteiger partial charge is 0.190 e. The lowest BCUT2D eigenvalue weighted by Crippen LogP contribution is -2.14. The van der Waals surface area contributed by atoms with Gasteiger partial charge >= 0.3 is 0 Å². The maximum absolute atomic E-state index is 5.48. The highest BCUT2D eigenvalue weighted by Gasteiger charge is 2.13. The average molecular weight is 473 g/mol. The van der Waals surface area contributed by atoms with Crippen molar-refractivity contribution < 1.29 is 13.9 Å². The number of methoxy groups -OCH3 is 2. The lowest BCUT2D eigenvalue weighted by atomic mass is 10.1. The van der Waals surface area contributed by atoms with E-state index in [9.17, 15) is 0 Å². The fourth-order valence-electron chi connectivity index (χ4n) is 2.99. The van der Waals surface area contributed by atoms with Crippen molar-refractivity contribution in [2.24, 2.45) is 4.99 Å². The molecule has 29 heavy (non-hydrogen) atoms. The minimum atomic E-state index is 0. The molecule has 0 bridgehead atoms. The maximum atomic E-state index is 5.48. The number of nitrogens with zero attached hydrogens (tertiary/aromatic N) is 2. The molecule has 0 N–H and O–H groups in total. The zero-order chi connectivity index (χ0) is 19.3. The van der Waals surface area contributed by atoms with E-state index in [4.69, 9.17) is 18.9 Å². The van der Waals surface area contributed by atoms with E-state index in [2.05, 4.69) is 22.1 Å². The summed E-state index contributed by atoms with van der Waals surface area (Å²) in [6, 6.07) is 19.9. The van der Waals surface area contributed by atoms with Crippen molar-refractivity contribution in [2.75, 3.05) is 14.2 Å². The second kappa shape index (κ2) is 9.62. The monoisotopic (exact) mass is 472 g/mol. The van der Waals surface area contributed by atoms with Crippen LogP contribution in [0.3, 0.4) is 0 Å². The van der Waals surface area contributed by atoms with Gasteiger partial charge in [0.2, 0.25) is 0 Å². The van der Waals surface area contributed by atoms with Crippen molar-refractivity contribution in [3.8, 4) is 28.4 Å². The zero-order valence-electron chi connectivity index (χ0n) is 16.1. The molecule has 2 aromatic carbocycles. The average Bonchev–Trinajstić information content (AvgIpc) is 3.42. The number of furan rings is 1. The number of thiazole rings is 1. The third-order valence-electron chi connectivity index (χ3n) is 4.35. The summed E-state index contributed by atoms with van der Waals surface area (Å²) < 4.78 is 18.4. The van der Waals surface area contributed by atoms with Crippen molar-refractivity contribution in [1.82, 2.24) is 4.57 Å². The topological polar surface area (TPSA) is 48.9 Å². The van der Waals surface area contributed by atoms with Crippen LogP contribution in [-0.2, 0) is 6.54 Å². The molecule has 0 fully saturated rings. The Balaban J connectivity index is 0.00000240. The Kier molecular flexibility index (Phi) is 6.95. The number of benzene rings is 2. The highest BCUT2D eigenvalue weighted by atomic mass is 79.9. The van der Waals surface area contributed by atoms with Gasteiger partial charge in [-0.25, -0.2) is 0 Å². The van der Waals surface area contributed by atoms with Crippen LogP contribution in [0.5, 0.6) is 11.5 Å². The predicted molar refractivity (Wildman–Crippen MR) is 120 cm³/mol. The van der Waals surface area contributed by atoms with Gasteiger partial charge in [0.1, 0.15) is 12.3 Å². The van der Waals surface area contributed by atoms with Crippen molar-refractivity contribution in [1.29, 1.82) is 0 Å². The number of hydrogen-bond donors (Lipinski definition) is 0. The van der Waals surface area contributed by atoms with E-state index >= 15 is 0 Å². The third kappa shape index (κ3) is 4.46. The van der Waals surface area contributed by atoms with E-state index in [1.165, 1.54) is 0 Å². The summed E-state index contributed by atoms with van der Waals surface area (Å²) >= 11 is 1.59. The molecule has 150 valence electrons. The molecule has 0 aliphatic rings. The normalized spacial score (nSPS) is 11.2. The molecular weight excluding hydrogens is 452 g/mol. The number of ether oxygens (including phenoxy) is 2. The second-order valence-corrected chi connectivity index (χ2v) is 6.88. The Hall–Kier alpha value is -2.77. The first-order valence-corrected chi connectivity index (χ1v) is 9.69. The third-order valence-corrected chi connectivity index (χ3v) is 5.22. The van der Waals surface area contributed by atoms with E-state index in [1.54, 1.807) is 31.8 Å².